The molecular formula is C17H27N3O3. The van der Waals surface area contributed by atoms with Gasteiger partial charge < -0.3 is 24.6 Å². The van der Waals surface area contributed by atoms with Crippen LogP contribution in [0.5, 0.6) is 5.75 Å². The Morgan fingerprint density at radius 1 is 1.26 bits per heavy atom. The van der Waals surface area contributed by atoms with Gasteiger partial charge in [-0.2, -0.15) is 0 Å². The van der Waals surface area contributed by atoms with Crippen molar-refractivity contribution >= 4 is 11.7 Å². The highest BCUT2D eigenvalue weighted by Crippen LogP contribution is 2.24. The number of nitrogens with zero attached hydrogens (tertiary/aromatic N) is 2. The number of nitrogens with one attached hydrogen (secondary N) is 1. The highest BCUT2D eigenvalue weighted by Gasteiger charge is 2.18. The van der Waals surface area contributed by atoms with Crippen molar-refractivity contribution < 1.29 is 14.3 Å². The standard InChI is InChI=1S/C17H27N3O3/c1-3-19(4-2)9-14-23-16-8-6-5-7-15(16)18-17(21)20-10-12-22-13-11-20/h5-8H,3-4,9-14H2,1-2H3,(H,18,21). The van der Waals surface area contributed by atoms with Gasteiger partial charge >= 0.3 is 6.03 Å². The second-order valence-corrected chi connectivity index (χ2v) is 5.40. The molecule has 0 bridgehead atoms. The lowest BCUT2D eigenvalue weighted by Crippen LogP contribution is -2.43. The summed E-state index contributed by atoms with van der Waals surface area (Å²) in [6.07, 6.45) is 0. The first kappa shape index (κ1) is 17.6. The molecule has 1 aromatic carbocycles. The number of anilines is 1. The Bertz CT molecular complexity index is 486. The maximum atomic E-state index is 12.3. The molecule has 6 nitrogen and oxygen atoms in total. The highest BCUT2D eigenvalue weighted by atomic mass is 16.5. The van der Waals surface area contributed by atoms with E-state index >= 15 is 0 Å². The fraction of sp³-hybridized carbons (Fsp3) is 0.588. The van der Waals surface area contributed by atoms with E-state index in [1.54, 1.807) is 4.90 Å². The molecule has 0 aliphatic carbocycles. The van der Waals surface area contributed by atoms with Crippen LogP contribution in [0.2, 0.25) is 0 Å². The number of ether oxygens (including phenoxy) is 2. The molecule has 1 saturated heterocycles. The van der Waals surface area contributed by atoms with Crippen molar-refractivity contribution in [2.45, 2.75) is 13.8 Å². The van der Waals surface area contributed by atoms with E-state index in [0.29, 0.717) is 44.3 Å². The van der Waals surface area contributed by atoms with Gasteiger partial charge in [-0.25, -0.2) is 4.79 Å². The van der Waals surface area contributed by atoms with Gasteiger partial charge in [-0.1, -0.05) is 26.0 Å². The van der Waals surface area contributed by atoms with Crippen LogP contribution in [0.3, 0.4) is 0 Å². The van der Waals surface area contributed by atoms with Gasteiger partial charge in [-0.05, 0) is 25.2 Å². The summed E-state index contributed by atoms with van der Waals surface area (Å²) < 4.78 is 11.1. The van der Waals surface area contributed by atoms with Gasteiger partial charge in [0.05, 0.1) is 18.9 Å². The first-order valence-corrected chi connectivity index (χ1v) is 8.32. The lowest BCUT2D eigenvalue weighted by atomic mass is 10.3. The summed E-state index contributed by atoms with van der Waals surface area (Å²) in [4.78, 5) is 16.4. The number of morpholine rings is 1. The molecule has 0 atom stereocenters. The molecule has 0 spiro atoms. The molecule has 2 rings (SSSR count). The van der Waals surface area contributed by atoms with Crippen molar-refractivity contribution in [1.29, 1.82) is 0 Å². The molecule has 0 radical (unpaired) electrons. The molecule has 1 N–H and O–H groups in total. The first-order chi connectivity index (χ1) is 11.2. The zero-order chi connectivity index (χ0) is 16.5. The van der Waals surface area contributed by atoms with Crippen molar-refractivity contribution in [2.75, 3.05) is 57.9 Å². The zero-order valence-corrected chi connectivity index (χ0v) is 14.1. The molecular weight excluding hydrogens is 294 g/mol. The number of hydrogen-bond donors (Lipinski definition) is 1. The quantitative estimate of drug-likeness (QED) is 0.837. The maximum Gasteiger partial charge on any atom is 0.322 e. The van der Waals surface area contributed by atoms with E-state index < -0.39 is 0 Å². The Balaban J connectivity index is 1.90. The number of carbonyl (C=O) groups is 1. The Morgan fingerprint density at radius 2 is 1.96 bits per heavy atom. The molecule has 0 unspecified atom stereocenters. The van der Waals surface area contributed by atoms with Gasteiger partial charge in [0, 0.05) is 19.6 Å². The van der Waals surface area contributed by atoms with E-state index in [-0.39, 0.29) is 6.03 Å². The van der Waals surface area contributed by atoms with E-state index in [9.17, 15) is 4.79 Å². The predicted molar refractivity (Wildman–Crippen MR) is 91.1 cm³/mol. The Hall–Kier alpha value is -1.79. The fourth-order valence-corrected chi connectivity index (χ4v) is 2.48. The smallest absolute Gasteiger partial charge is 0.322 e. The number of carbonyl (C=O) groups excluding carboxylic acids is 1. The van der Waals surface area contributed by atoms with Crippen molar-refractivity contribution in [3.8, 4) is 5.75 Å². The summed E-state index contributed by atoms with van der Waals surface area (Å²) in [6.45, 7) is 10.2. The van der Waals surface area contributed by atoms with Gasteiger partial charge in [-0.15, -0.1) is 0 Å². The maximum absolute atomic E-state index is 12.3. The van der Waals surface area contributed by atoms with Crippen molar-refractivity contribution in [3.05, 3.63) is 24.3 Å². The minimum atomic E-state index is -0.104. The van der Waals surface area contributed by atoms with Gasteiger partial charge in [0.1, 0.15) is 12.4 Å². The molecule has 1 heterocycles. The third kappa shape index (κ3) is 5.41. The summed E-state index contributed by atoms with van der Waals surface area (Å²) in [5, 5.41) is 2.94. The highest BCUT2D eigenvalue weighted by molar-refractivity contribution is 5.91. The second kappa shape index (κ2) is 9.37. The summed E-state index contributed by atoms with van der Waals surface area (Å²) in [7, 11) is 0. The molecule has 6 heteroatoms. The van der Waals surface area contributed by atoms with E-state index in [1.165, 1.54) is 0 Å². The minimum absolute atomic E-state index is 0.104. The first-order valence-electron chi connectivity index (χ1n) is 8.32. The van der Waals surface area contributed by atoms with Crippen LogP contribution < -0.4 is 10.1 Å². The topological polar surface area (TPSA) is 54.0 Å². The minimum Gasteiger partial charge on any atom is -0.490 e. The molecule has 1 aromatic rings. The average molecular weight is 321 g/mol. The summed E-state index contributed by atoms with van der Waals surface area (Å²) in [5.41, 5.74) is 0.712. The van der Waals surface area contributed by atoms with Crippen LogP contribution in [0.4, 0.5) is 10.5 Å². The van der Waals surface area contributed by atoms with E-state index in [0.717, 1.165) is 19.6 Å². The van der Waals surface area contributed by atoms with Crippen LogP contribution in [0.15, 0.2) is 24.3 Å². The van der Waals surface area contributed by atoms with Gasteiger partial charge in [0.2, 0.25) is 0 Å². The summed E-state index contributed by atoms with van der Waals surface area (Å²) in [5.74, 6) is 0.710. The largest absolute Gasteiger partial charge is 0.490 e. The molecule has 1 aliphatic rings. The van der Waals surface area contributed by atoms with Crippen molar-refractivity contribution in [3.63, 3.8) is 0 Å². The zero-order valence-electron chi connectivity index (χ0n) is 14.1. The Kier molecular flexibility index (Phi) is 7.16. The number of rotatable bonds is 7. The van der Waals surface area contributed by atoms with Gasteiger partial charge in [0.25, 0.3) is 0 Å². The summed E-state index contributed by atoms with van der Waals surface area (Å²) >= 11 is 0. The van der Waals surface area contributed by atoms with Crippen molar-refractivity contribution in [1.82, 2.24) is 9.80 Å². The third-order valence-corrected chi connectivity index (χ3v) is 3.99. The molecule has 1 aliphatic heterocycles. The van der Waals surface area contributed by atoms with Crippen LogP contribution in [0.25, 0.3) is 0 Å². The molecule has 23 heavy (non-hydrogen) atoms. The van der Waals surface area contributed by atoms with E-state index in [2.05, 4.69) is 24.1 Å². The second-order valence-electron chi connectivity index (χ2n) is 5.40. The normalized spacial score (nSPS) is 14.8. The average Bonchev–Trinajstić information content (AvgIpc) is 2.61. The van der Waals surface area contributed by atoms with Crippen LogP contribution in [-0.2, 0) is 4.74 Å². The monoisotopic (exact) mass is 321 g/mol. The number of likely N-dealkylation sites (N-methyl/N-ethyl adjacent to an activating group) is 1. The molecule has 128 valence electrons. The molecule has 1 fully saturated rings. The van der Waals surface area contributed by atoms with E-state index in [1.807, 2.05) is 24.3 Å². The Morgan fingerprint density at radius 3 is 2.65 bits per heavy atom. The van der Waals surface area contributed by atoms with Gasteiger partial charge in [-0.3, -0.25) is 0 Å². The summed E-state index contributed by atoms with van der Waals surface area (Å²) in [6, 6.07) is 7.46. The lowest BCUT2D eigenvalue weighted by Gasteiger charge is -2.27. The van der Waals surface area contributed by atoms with Crippen LogP contribution in [0, 0.1) is 0 Å². The number of urea groups is 1. The number of hydrogen-bond acceptors (Lipinski definition) is 4. The van der Waals surface area contributed by atoms with Crippen molar-refractivity contribution in [2.24, 2.45) is 0 Å². The van der Waals surface area contributed by atoms with Crippen LogP contribution >= 0.6 is 0 Å². The number of benzene rings is 1. The SMILES string of the molecule is CCN(CC)CCOc1ccccc1NC(=O)N1CCOCC1. The number of para-hydroxylation sites is 2. The van der Waals surface area contributed by atoms with E-state index in [4.69, 9.17) is 9.47 Å². The molecule has 2 amide bonds. The molecule has 0 aromatic heterocycles. The fourth-order valence-electron chi connectivity index (χ4n) is 2.48. The predicted octanol–water partition coefficient (Wildman–Crippen LogP) is 2.27. The third-order valence-electron chi connectivity index (χ3n) is 3.99. The Labute approximate surface area is 138 Å². The van der Waals surface area contributed by atoms with Crippen LogP contribution in [0.1, 0.15) is 13.8 Å². The lowest BCUT2D eigenvalue weighted by molar-refractivity contribution is 0.0564. The van der Waals surface area contributed by atoms with Gasteiger partial charge in [0.15, 0.2) is 0 Å². The van der Waals surface area contributed by atoms with Crippen LogP contribution in [-0.4, -0.2) is 68.4 Å². The number of amides is 2. The molecule has 0 saturated carbocycles.